The van der Waals surface area contributed by atoms with Crippen molar-refractivity contribution in [2.45, 2.75) is 13.0 Å². The van der Waals surface area contributed by atoms with Crippen LogP contribution in [0.1, 0.15) is 18.6 Å². The number of aliphatic hydroxyl groups excluding tert-OH is 1. The minimum atomic E-state index is -0.684. The molecule has 0 saturated carbocycles. The molecule has 0 fully saturated rings. The molecule has 0 radical (unpaired) electrons. The van der Waals surface area contributed by atoms with Gasteiger partial charge in [-0.25, -0.2) is 0 Å². The molecule has 0 saturated heterocycles. The number of halogens is 2. The van der Waals surface area contributed by atoms with Gasteiger partial charge < -0.3 is 9.84 Å². The predicted octanol–water partition coefficient (Wildman–Crippen LogP) is 3.12. The van der Waals surface area contributed by atoms with Gasteiger partial charge in [0.1, 0.15) is 10.4 Å². The second kappa shape index (κ2) is 5.17. The highest BCUT2D eigenvalue weighted by Gasteiger charge is 2.14. The summed E-state index contributed by atoms with van der Waals surface area (Å²) in [6, 6.07) is 1.66. The van der Waals surface area contributed by atoms with Crippen LogP contribution < -0.4 is 0 Å². The van der Waals surface area contributed by atoms with E-state index in [1.807, 2.05) is 6.92 Å². The first-order chi connectivity index (χ1) is 6.15. The maximum atomic E-state index is 9.58. The molecule has 0 aliphatic carbocycles. The van der Waals surface area contributed by atoms with E-state index in [0.29, 0.717) is 20.8 Å². The first-order valence-electron chi connectivity index (χ1n) is 3.85. The zero-order valence-corrected chi connectivity index (χ0v) is 9.42. The van der Waals surface area contributed by atoms with E-state index in [1.165, 1.54) is 11.3 Å². The van der Waals surface area contributed by atoms with E-state index in [9.17, 15) is 5.11 Å². The molecule has 74 valence electrons. The van der Waals surface area contributed by atoms with Crippen molar-refractivity contribution in [3.05, 3.63) is 20.3 Å². The van der Waals surface area contributed by atoms with Crippen molar-refractivity contribution in [1.82, 2.24) is 0 Å². The molecule has 1 N–H and O–H groups in total. The quantitative estimate of drug-likeness (QED) is 0.877. The van der Waals surface area contributed by atoms with Crippen LogP contribution in [-0.2, 0) is 4.74 Å². The third-order valence-corrected chi connectivity index (χ3v) is 3.04. The Hall–Kier alpha value is 0.200. The van der Waals surface area contributed by atoms with E-state index in [1.54, 1.807) is 6.07 Å². The van der Waals surface area contributed by atoms with Crippen LogP contribution in [0.15, 0.2) is 6.07 Å². The highest BCUT2D eigenvalue weighted by Crippen LogP contribution is 2.34. The fraction of sp³-hybridized carbons (Fsp3) is 0.500. The van der Waals surface area contributed by atoms with Crippen LogP contribution in [-0.4, -0.2) is 18.3 Å². The second-order valence-corrected chi connectivity index (χ2v) is 4.74. The molecular formula is C8H10Cl2O2S. The third-order valence-electron chi connectivity index (χ3n) is 1.52. The Balaban J connectivity index is 2.64. The number of hydrogen-bond acceptors (Lipinski definition) is 3. The average molecular weight is 241 g/mol. The van der Waals surface area contributed by atoms with Gasteiger partial charge in [-0.3, -0.25) is 0 Å². The minimum absolute atomic E-state index is 0.253. The van der Waals surface area contributed by atoms with Gasteiger partial charge in [0.05, 0.1) is 10.9 Å². The smallest absolute Gasteiger partial charge is 0.105 e. The summed E-state index contributed by atoms with van der Waals surface area (Å²) in [4.78, 5) is 0. The Labute approximate surface area is 91.0 Å². The van der Waals surface area contributed by atoms with E-state index in [-0.39, 0.29) is 6.61 Å². The zero-order valence-electron chi connectivity index (χ0n) is 7.09. The van der Waals surface area contributed by atoms with Crippen LogP contribution in [0.2, 0.25) is 8.67 Å². The van der Waals surface area contributed by atoms with Crippen LogP contribution >= 0.6 is 34.5 Å². The fourth-order valence-electron chi connectivity index (χ4n) is 0.899. The monoisotopic (exact) mass is 240 g/mol. The van der Waals surface area contributed by atoms with Crippen LogP contribution in [0.3, 0.4) is 0 Å². The first-order valence-corrected chi connectivity index (χ1v) is 5.43. The second-order valence-electron chi connectivity index (χ2n) is 2.45. The van der Waals surface area contributed by atoms with E-state index in [4.69, 9.17) is 27.9 Å². The lowest BCUT2D eigenvalue weighted by molar-refractivity contribution is 0.0423. The molecular weight excluding hydrogens is 231 g/mol. The molecule has 0 aromatic carbocycles. The standard InChI is InChI=1S/C8H10Cl2O2S/c1-2-12-4-6(11)5-3-7(9)13-8(5)10/h3,6,11H,2,4H2,1H3. The Kier molecular flexibility index (Phi) is 4.49. The van der Waals surface area contributed by atoms with E-state index >= 15 is 0 Å². The number of aliphatic hydroxyl groups is 1. The number of thiophene rings is 1. The van der Waals surface area contributed by atoms with Gasteiger partial charge in [0.15, 0.2) is 0 Å². The molecule has 1 aromatic heterocycles. The molecule has 0 amide bonds. The summed E-state index contributed by atoms with van der Waals surface area (Å²) in [6.45, 7) is 2.70. The van der Waals surface area contributed by atoms with E-state index in [2.05, 4.69) is 0 Å². The molecule has 0 bridgehead atoms. The van der Waals surface area contributed by atoms with Gasteiger partial charge >= 0.3 is 0 Å². The summed E-state index contributed by atoms with van der Waals surface area (Å²) in [5, 5.41) is 9.58. The summed E-state index contributed by atoms with van der Waals surface area (Å²) in [7, 11) is 0. The van der Waals surface area contributed by atoms with Gasteiger partial charge in [0.2, 0.25) is 0 Å². The van der Waals surface area contributed by atoms with Crippen LogP contribution in [0.25, 0.3) is 0 Å². The normalized spacial score (nSPS) is 13.2. The van der Waals surface area contributed by atoms with Crippen molar-refractivity contribution in [2.24, 2.45) is 0 Å². The molecule has 5 heteroatoms. The fourth-order valence-corrected chi connectivity index (χ4v) is 2.47. The van der Waals surface area contributed by atoms with Gasteiger partial charge in [-0.05, 0) is 13.0 Å². The Morgan fingerprint density at radius 2 is 2.31 bits per heavy atom. The average Bonchev–Trinajstić information content (AvgIpc) is 2.41. The van der Waals surface area contributed by atoms with Crippen molar-refractivity contribution in [3.8, 4) is 0 Å². The van der Waals surface area contributed by atoms with Crippen molar-refractivity contribution in [1.29, 1.82) is 0 Å². The third kappa shape index (κ3) is 3.11. The summed E-state index contributed by atoms with van der Waals surface area (Å²) in [5.41, 5.74) is 0.644. The van der Waals surface area contributed by atoms with Crippen molar-refractivity contribution in [3.63, 3.8) is 0 Å². The minimum Gasteiger partial charge on any atom is -0.386 e. The van der Waals surface area contributed by atoms with Crippen LogP contribution in [0, 0.1) is 0 Å². The van der Waals surface area contributed by atoms with Crippen LogP contribution in [0.5, 0.6) is 0 Å². The molecule has 0 aliphatic rings. The van der Waals surface area contributed by atoms with Gasteiger partial charge in [0.25, 0.3) is 0 Å². The largest absolute Gasteiger partial charge is 0.386 e. The van der Waals surface area contributed by atoms with Crippen LogP contribution in [0.4, 0.5) is 0 Å². The molecule has 1 rings (SSSR count). The lowest BCUT2D eigenvalue weighted by atomic mass is 10.2. The summed E-state index contributed by atoms with van der Waals surface area (Å²) in [5.74, 6) is 0. The molecule has 0 aliphatic heterocycles. The van der Waals surface area contributed by atoms with Crippen molar-refractivity contribution in [2.75, 3.05) is 13.2 Å². The molecule has 0 spiro atoms. The number of ether oxygens (including phenoxy) is 1. The Morgan fingerprint density at radius 1 is 1.62 bits per heavy atom. The zero-order chi connectivity index (χ0) is 9.84. The number of rotatable bonds is 4. The maximum absolute atomic E-state index is 9.58. The molecule has 13 heavy (non-hydrogen) atoms. The van der Waals surface area contributed by atoms with Gasteiger partial charge in [0, 0.05) is 12.2 Å². The highest BCUT2D eigenvalue weighted by molar-refractivity contribution is 7.20. The molecule has 1 aromatic rings. The molecule has 1 atom stereocenters. The van der Waals surface area contributed by atoms with Crippen molar-refractivity contribution >= 4 is 34.5 Å². The first kappa shape index (κ1) is 11.3. The summed E-state index contributed by atoms with van der Waals surface area (Å²) in [6.07, 6.45) is -0.684. The van der Waals surface area contributed by atoms with Gasteiger partial charge in [-0.1, -0.05) is 23.2 Å². The van der Waals surface area contributed by atoms with Crippen molar-refractivity contribution < 1.29 is 9.84 Å². The van der Waals surface area contributed by atoms with Gasteiger partial charge in [-0.15, -0.1) is 11.3 Å². The topological polar surface area (TPSA) is 29.5 Å². The number of hydrogen-bond donors (Lipinski definition) is 1. The Morgan fingerprint density at radius 3 is 2.77 bits per heavy atom. The SMILES string of the molecule is CCOCC(O)c1cc(Cl)sc1Cl. The van der Waals surface area contributed by atoms with E-state index in [0.717, 1.165) is 0 Å². The Bertz CT molecular complexity index is 275. The summed E-state index contributed by atoms with van der Waals surface area (Å²) < 4.78 is 6.17. The highest BCUT2D eigenvalue weighted by atomic mass is 35.5. The molecule has 1 unspecified atom stereocenters. The lowest BCUT2D eigenvalue weighted by Crippen LogP contribution is -2.06. The summed E-state index contributed by atoms with van der Waals surface area (Å²) >= 11 is 12.8. The maximum Gasteiger partial charge on any atom is 0.105 e. The van der Waals surface area contributed by atoms with E-state index < -0.39 is 6.10 Å². The lowest BCUT2D eigenvalue weighted by Gasteiger charge is -2.08. The molecule has 1 heterocycles. The molecule has 2 nitrogen and oxygen atoms in total. The predicted molar refractivity (Wildman–Crippen MR) is 55.8 cm³/mol. The van der Waals surface area contributed by atoms with Gasteiger partial charge in [-0.2, -0.15) is 0 Å².